The normalized spacial score (nSPS) is 20.0. The van der Waals surface area contributed by atoms with Crippen molar-refractivity contribution in [1.29, 1.82) is 0 Å². The summed E-state index contributed by atoms with van der Waals surface area (Å²) in [6.07, 6.45) is 9.06. The monoisotopic (exact) mass is 379 g/mol. The number of thioether (sulfide) groups is 1. The molecule has 4 aromatic rings. The summed E-state index contributed by atoms with van der Waals surface area (Å²) in [5.41, 5.74) is 6.74. The highest BCUT2D eigenvalue weighted by molar-refractivity contribution is 8.00. The summed E-state index contributed by atoms with van der Waals surface area (Å²) in [6, 6.07) is 22.7. The molecule has 2 heterocycles. The molecule has 0 bridgehead atoms. The van der Waals surface area contributed by atoms with Gasteiger partial charge in [0.1, 0.15) is 0 Å². The van der Waals surface area contributed by atoms with Crippen LogP contribution < -0.4 is 0 Å². The Labute approximate surface area is 169 Å². The summed E-state index contributed by atoms with van der Waals surface area (Å²) < 4.78 is 2.41. The van der Waals surface area contributed by atoms with Crippen molar-refractivity contribution in [3.05, 3.63) is 90.5 Å². The van der Waals surface area contributed by atoms with Gasteiger partial charge >= 0.3 is 0 Å². The summed E-state index contributed by atoms with van der Waals surface area (Å²) in [5, 5.41) is 3.25. The maximum absolute atomic E-state index is 2.41. The average Bonchev–Trinajstić information content (AvgIpc) is 3.28. The molecule has 1 aromatic heterocycles. The summed E-state index contributed by atoms with van der Waals surface area (Å²) in [6.45, 7) is 3.21. The van der Waals surface area contributed by atoms with Gasteiger partial charge in [0.05, 0.1) is 0 Å². The van der Waals surface area contributed by atoms with E-state index in [1.165, 1.54) is 43.4 Å². The van der Waals surface area contributed by atoms with Crippen molar-refractivity contribution in [2.45, 2.75) is 29.5 Å². The molecule has 136 valence electrons. The van der Waals surface area contributed by atoms with Crippen molar-refractivity contribution in [2.24, 2.45) is 0 Å². The number of para-hydroxylation sites is 1. The van der Waals surface area contributed by atoms with Crippen LogP contribution >= 0.6 is 11.8 Å². The molecule has 1 aliphatic carbocycles. The Morgan fingerprint density at radius 2 is 1.61 bits per heavy atom. The summed E-state index contributed by atoms with van der Waals surface area (Å²) in [7, 11) is 0. The highest BCUT2D eigenvalue weighted by Crippen LogP contribution is 2.49. The first-order valence-corrected chi connectivity index (χ1v) is 10.9. The number of fused-ring (bicyclic) bond motifs is 6. The lowest BCUT2D eigenvalue weighted by molar-refractivity contribution is 0.827. The van der Waals surface area contributed by atoms with Gasteiger partial charge in [0.2, 0.25) is 0 Å². The molecule has 0 N–H and O–H groups in total. The Kier molecular flexibility index (Phi) is 3.57. The van der Waals surface area contributed by atoms with E-state index in [4.69, 9.17) is 0 Å². The van der Waals surface area contributed by atoms with Crippen LogP contribution in [0.1, 0.15) is 18.4 Å². The fourth-order valence-corrected chi connectivity index (χ4v) is 6.12. The molecule has 28 heavy (non-hydrogen) atoms. The molecule has 6 rings (SSSR count). The first-order chi connectivity index (χ1) is 13.8. The molecule has 3 aromatic carbocycles. The van der Waals surface area contributed by atoms with Gasteiger partial charge in [-0.25, -0.2) is 0 Å². The Hall–Kier alpha value is -2.71. The minimum absolute atomic E-state index is 0.510. The number of aromatic nitrogens is 1. The van der Waals surface area contributed by atoms with Crippen LogP contribution in [0, 0.1) is 0 Å². The van der Waals surface area contributed by atoms with E-state index in [9.17, 15) is 0 Å². The van der Waals surface area contributed by atoms with E-state index < -0.39 is 0 Å². The standard InChI is InChI=1S/C26H21NS/c1-2-27-23-9-5-3-7-19(23)21-15-17(11-13-24(21)27)18-12-14-26-22(16-18)20-8-4-6-10-25(20)28-26/h3-16,20,25H,2H2,1H3. The molecular formula is C26H21NS. The lowest BCUT2D eigenvalue weighted by Gasteiger charge is -2.15. The van der Waals surface area contributed by atoms with Gasteiger partial charge < -0.3 is 4.57 Å². The zero-order valence-corrected chi connectivity index (χ0v) is 16.6. The SMILES string of the molecule is CCn1c2ccccc2c2cc(-c3ccc4c(c3)C3C=CC=CC3S4)ccc21. The highest BCUT2D eigenvalue weighted by atomic mass is 32.2. The smallest absolute Gasteiger partial charge is 0.0491 e. The van der Waals surface area contributed by atoms with E-state index in [2.05, 4.69) is 96.5 Å². The van der Waals surface area contributed by atoms with Crippen molar-refractivity contribution in [2.75, 3.05) is 0 Å². The van der Waals surface area contributed by atoms with E-state index in [0.29, 0.717) is 11.2 Å². The molecular weight excluding hydrogens is 358 g/mol. The van der Waals surface area contributed by atoms with Crippen LogP contribution in [0.15, 0.2) is 89.9 Å². The fourth-order valence-electron chi connectivity index (χ4n) is 4.80. The second-order valence-corrected chi connectivity index (χ2v) is 8.84. The highest BCUT2D eigenvalue weighted by Gasteiger charge is 2.31. The van der Waals surface area contributed by atoms with Gasteiger partial charge in [-0.1, -0.05) is 54.6 Å². The van der Waals surface area contributed by atoms with E-state index in [0.717, 1.165) is 6.54 Å². The lowest BCUT2D eigenvalue weighted by Crippen LogP contribution is -2.06. The van der Waals surface area contributed by atoms with E-state index >= 15 is 0 Å². The third-order valence-electron chi connectivity index (χ3n) is 6.14. The topological polar surface area (TPSA) is 4.93 Å². The van der Waals surface area contributed by atoms with Crippen molar-refractivity contribution < 1.29 is 0 Å². The van der Waals surface area contributed by atoms with Crippen molar-refractivity contribution in [3.8, 4) is 11.1 Å². The molecule has 1 nitrogen and oxygen atoms in total. The number of benzene rings is 3. The van der Waals surface area contributed by atoms with Crippen molar-refractivity contribution >= 4 is 33.6 Å². The number of aryl methyl sites for hydroxylation is 1. The predicted molar refractivity (Wildman–Crippen MR) is 121 cm³/mol. The number of hydrogen-bond donors (Lipinski definition) is 0. The number of nitrogens with zero attached hydrogens (tertiary/aromatic N) is 1. The maximum Gasteiger partial charge on any atom is 0.0491 e. The number of rotatable bonds is 2. The van der Waals surface area contributed by atoms with Gasteiger partial charge in [0.15, 0.2) is 0 Å². The molecule has 2 atom stereocenters. The van der Waals surface area contributed by atoms with Gasteiger partial charge in [-0.05, 0) is 53.9 Å². The van der Waals surface area contributed by atoms with Crippen LogP contribution in [-0.4, -0.2) is 9.82 Å². The molecule has 0 radical (unpaired) electrons. The molecule has 0 spiro atoms. The van der Waals surface area contributed by atoms with Gasteiger partial charge in [-0.2, -0.15) is 0 Å². The average molecular weight is 380 g/mol. The molecule has 2 unspecified atom stereocenters. The Balaban J connectivity index is 1.52. The first-order valence-electron chi connectivity index (χ1n) is 10.0. The van der Waals surface area contributed by atoms with E-state index in [1.807, 2.05) is 11.8 Å². The van der Waals surface area contributed by atoms with Gasteiger partial charge in [-0.3, -0.25) is 0 Å². The second kappa shape index (κ2) is 6.15. The largest absolute Gasteiger partial charge is 0.341 e. The molecule has 2 aliphatic rings. The quantitative estimate of drug-likeness (QED) is 0.357. The van der Waals surface area contributed by atoms with E-state index in [-0.39, 0.29) is 0 Å². The van der Waals surface area contributed by atoms with Crippen LogP contribution in [0.4, 0.5) is 0 Å². The Morgan fingerprint density at radius 3 is 2.54 bits per heavy atom. The molecule has 1 aliphatic heterocycles. The molecule has 0 amide bonds. The van der Waals surface area contributed by atoms with Gasteiger partial charge in [0.25, 0.3) is 0 Å². The minimum Gasteiger partial charge on any atom is -0.341 e. The minimum atomic E-state index is 0.510. The lowest BCUT2D eigenvalue weighted by atomic mass is 9.90. The number of hydrogen-bond acceptors (Lipinski definition) is 1. The fraction of sp³-hybridized carbons (Fsp3) is 0.154. The Bertz CT molecular complexity index is 1290. The van der Waals surface area contributed by atoms with Crippen LogP contribution in [-0.2, 0) is 6.54 Å². The summed E-state index contributed by atoms with van der Waals surface area (Å²) >= 11 is 1.99. The molecule has 2 heteroatoms. The first kappa shape index (κ1) is 16.3. The third kappa shape index (κ3) is 2.28. The van der Waals surface area contributed by atoms with Gasteiger partial charge in [0, 0.05) is 44.4 Å². The predicted octanol–water partition coefficient (Wildman–Crippen LogP) is 7.17. The second-order valence-electron chi connectivity index (χ2n) is 7.62. The zero-order valence-electron chi connectivity index (χ0n) is 15.8. The maximum atomic E-state index is 2.41. The zero-order chi connectivity index (χ0) is 18.7. The van der Waals surface area contributed by atoms with Crippen molar-refractivity contribution in [1.82, 2.24) is 4.57 Å². The molecule has 0 saturated heterocycles. The number of allylic oxidation sites excluding steroid dienone is 3. The summed E-state index contributed by atoms with van der Waals surface area (Å²) in [5.74, 6) is 0.510. The van der Waals surface area contributed by atoms with E-state index in [1.54, 1.807) is 0 Å². The van der Waals surface area contributed by atoms with Crippen LogP contribution in [0.2, 0.25) is 0 Å². The molecule has 0 fully saturated rings. The summed E-state index contributed by atoms with van der Waals surface area (Å²) in [4.78, 5) is 1.43. The van der Waals surface area contributed by atoms with Crippen LogP contribution in [0.3, 0.4) is 0 Å². The van der Waals surface area contributed by atoms with Crippen LogP contribution in [0.5, 0.6) is 0 Å². The molecule has 0 saturated carbocycles. The van der Waals surface area contributed by atoms with Crippen molar-refractivity contribution in [3.63, 3.8) is 0 Å². The van der Waals surface area contributed by atoms with Crippen LogP contribution in [0.25, 0.3) is 32.9 Å². The third-order valence-corrected chi connectivity index (χ3v) is 7.49. The van der Waals surface area contributed by atoms with Gasteiger partial charge in [-0.15, -0.1) is 11.8 Å². The Morgan fingerprint density at radius 1 is 0.821 bits per heavy atom.